The van der Waals surface area contributed by atoms with E-state index in [0.717, 1.165) is 17.7 Å². The molecule has 1 aromatic rings. The van der Waals surface area contributed by atoms with Crippen molar-refractivity contribution in [2.45, 2.75) is 46.1 Å². The lowest BCUT2D eigenvalue weighted by Gasteiger charge is -2.32. The maximum atomic E-state index is 5.38. The van der Waals surface area contributed by atoms with Crippen LogP contribution in [0.4, 0.5) is 5.82 Å². The van der Waals surface area contributed by atoms with Crippen LogP contribution in [-0.4, -0.2) is 22.6 Å². The Morgan fingerprint density at radius 3 is 2.83 bits per heavy atom. The number of nitrogens with zero attached hydrogens (tertiary/aromatic N) is 2. The number of ether oxygens (including phenoxy) is 1. The SMILES string of the molecule is CCOc1cc(NC2CCC(C)C(C)C2)ncn1. The van der Waals surface area contributed by atoms with Crippen molar-refractivity contribution in [3.63, 3.8) is 0 Å². The van der Waals surface area contributed by atoms with Crippen molar-refractivity contribution < 1.29 is 4.74 Å². The summed E-state index contributed by atoms with van der Waals surface area (Å²) in [5.41, 5.74) is 0. The van der Waals surface area contributed by atoms with E-state index in [9.17, 15) is 0 Å². The fourth-order valence-electron chi connectivity index (χ4n) is 2.53. The van der Waals surface area contributed by atoms with E-state index in [1.807, 2.05) is 13.0 Å². The molecule has 1 N–H and O–H groups in total. The number of hydrogen-bond acceptors (Lipinski definition) is 4. The van der Waals surface area contributed by atoms with Gasteiger partial charge in [0.1, 0.15) is 12.1 Å². The maximum Gasteiger partial charge on any atom is 0.218 e. The summed E-state index contributed by atoms with van der Waals surface area (Å²) >= 11 is 0. The Labute approximate surface area is 109 Å². The van der Waals surface area contributed by atoms with Gasteiger partial charge in [-0.2, -0.15) is 0 Å². The summed E-state index contributed by atoms with van der Waals surface area (Å²) in [6.07, 6.45) is 5.29. The molecule has 0 aromatic carbocycles. The third-order valence-corrected chi connectivity index (χ3v) is 3.88. The van der Waals surface area contributed by atoms with E-state index in [4.69, 9.17) is 4.74 Å². The highest BCUT2D eigenvalue weighted by Gasteiger charge is 2.24. The molecular formula is C14H23N3O. The average Bonchev–Trinajstić information content (AvgIpc) is 2.35. The van der Waals surface area contributed by atoms with Crippen molar-refractivity contribution in [2.75, 3.05) is 11.9 Å². The van der Waals surface area contributed by atoms with E-state index in [1.165, 1.54) is 19.3 Å². The molecule has 1 aliphatic rings. The molecule has 100 valence electrons. The van der Waals surface area contributed by atoms with E-state index in [0.29, 0.717) is 18.5 Å². The summed E-state index contributed by atoms with van der Waals surface area (Å²) in [5.74, 6) is 3.14. The van der Waals surface area contributed by atoms with Crippen molar-refractivity contribution in [1.82, 2.24) is 9.97 Å². The molecule has 2 rings (SSSR count). The first-order chi connectivity index (χ1) is 8.69. The summed E-state index contributed by atoms with van der Waals surface area (Å²) in [7, 11) is 0. The Morgan fingerprint density at radius 2 is 2.11 bits per heavy atom. The van der Waals surface area contributed by atoms with Gasteiger partial charge in [0.05, 0.1) is 6.61 Å². The minimum absolute atomic E-state index is 0.528. The third-order valence-electron chi connectivity index (χ3n) is 3.88. The van der Waals surface area contributed by atoms with Gasteiger partial charge in [0.2, 0.25) is 5.88 Å². The number of nitrogens with one attached hydrogen (secondary N) is 1. The van der Waals surface area contributed by atoms with E-state index in [-0.39, 0.29) is 0 Å². The second-order valence-electron chi connectivity index (χ2n) is 5.28. The van der Waals surface area contributed by atoms with Gasteiger partial charge in [0.15, 0.2) is 0 Å². The normalized spacial score (nSPS) is 27.8. The van der Waals surface area contributed by atoms with Gasteiger partial charge in [-0.05, 0) is 38.0 Å². The lowest BCUT2D eigenvalue weighted by molar-refractivity contribution is 0.260. The number of rotatable bonds is 4. The minimum atomic E-state index is 0.528. The van der Waals surface area contributed by atoms with Crippen LogP contribution in [0.1, 0.15) is 40.0 Å². The Kier molecular flexibility index (Phi) is 4.39. The zero-order valence-electron chi connectivity index (χ0n) is 11.5. The molecule has 1 aliphatic carbocycles. The Hall–Kier alpha value is -1.32. The lowest BCUT2D eigenvalue weighted by Crippen LogP contribution is -2.30. The molecule has 1 aromatic heterocycles. The van der Waals surface area contributed by atoms with Gasteiger partial charge in [-0.3, -0.25) is 0 Å². The Bertz CT molecular complexity index is 383. The molecule has 0 amide bonds. The molecule has 4 nitrogen and oxygen atoms in total. The first-order valence-electron chi connectivity index (χ1n) is 6.90. The van der Waals surface area contributed by atoms with Crippen LogP contribution in [0, 0.1) is 11.8 Å². The second-order valence-corrected chi connectivity index (χ2v) is 5.28. The highest BCUT2D eigenvalue weighted by Crippen LogP contribution is 2.30. The van der Waals surface area contributed by atoms with Crippen LogP contribution in [0.3, 0.4) is 0 Å². The molecule has 0 aliphatic heterocycles. The Morgan fingerprint density at radius 1 is 1.28 bits per heavy atom. The van der Waals surface area contributed by atoms with Crippen molar-refractivity contribution in [1.29, 1.82) is 0 Å². The van der Waals surface area contributed by atoms with E-state index in [2.05, 4.69) is 29.1 Å². The molecule has 1 heterocycles. The van der Waals surface area contributed by atoms with Crippen LogP contribution < -0.4 is 10.1 Å². The van der Waals surface area contributed by atoms with E-state index in [1.54, 1.807) is 6.33 Å². The molecule has 1 saturated carbocycles. The van der Waals surface area contributed by atoms with Crippen LogP contribution >= 0.6 is 0 Å². The average molecular weight is 249 g/mol. The fraction of sp³-hybridized carbons (Fsp3) is 0.714. The van der Waals surface area contributed by atoms with Gasteiger partial charge < -0.3 is 10.1 Å². The molecule has 3 atom stereocenters. The van der Waals surface area contributed by atoms with Crippen LogP contribution in [0.5, 0.6) is 5.88 Å². The first kappa shape index (κ1) is 13.1. The molecule has 0 spiro atoms. The van der Waals surface area contributed by atoms with Gasteiger partial charge in [-0.15, -0.1) is 0 Å². The topological polar surface area (TPSA) is 47.0 Å². The van der Waals surface area contributed by atoms with E-state index >= 15 is 0 Å². The summed E-state index contributed by atoms with van der Waals surface area (Å²) in [6, 6.07) is 2.41. The van der Waals surface area contributed by atoms with Gasteiger partial charge in [-0.25, -0.2) is 9.97 Å². The zero-order valence-corrected chi connectivity index (χ0v) is 11.5. The van der Waals surface area contributed by atoms with Crippen LogP contribution in [0.2, 0.25) is 0 Å². The van der Waals surface area contributed by atoms with Gasteiger partial charge >= 0.3 is 0 Å². The van der Waals surface area contributed by atoms with Gasteiger partial charge in [0, 0.05) is 12.1 Å². The molecule has 0 saturated heterocycles. The lowest BCUT2D eigenvalue weighted by atomic mass is 9.79. The standard InChI is InChI=1S/C14H23N3O/c1-4-18-14-8-13(15-9-16-14)17-12-6-5-10(2)11(3)7-12/h8-12H,4-7H2,1-3H3,(H,15,16,17). The molecular weight excluding hydrogens is 226 g/mol. The number of hydrogen-bond donors (Lipinski definition) is 1. The molecule has 3 unspecified atom stereocenters. The van der Waals surface area contributed by atoms with Crippen molar-refractivity contribution >= 4 is 5.82 Å². The zero-order chi connectivity index (χ0) is 13.0. The molecule has 0 radical (unpaired) electrons. The largest absolute Gasteiger partial charge is 0.478 e. The van der Waals surface area contributed by atoms with Gasteiger partial charge in [0.25, 0.3) is 0 Å². The van der Waals surface area contributed by atoms with Gasteiger partial charge in [-0.1, -0.05) is 13.8 Å². The van der Waals surface area contributed by atoms with Crippen molar-refractivity contribution in [3.05, 3.63) is 12.4 Å². The predicted octanol–water partition coefficient (Wildman–Crippen LogP) is 3.11. The smallest absolute Gasteiger partial charge is 0.218 e. The molecule has 18 heavy (non-hydrogen) atoms. The molecule has 4 heteroatoms. The maximum absolute atomic E-state index is 5.38. The first-order valence-corrected chi connectivity index (χ1v) is 6.90. The highest BCUT2D eigenvalue weighted by molar-refractivity contribution is 5.38. The second kappa shape index (κ2) is 6.03. The predicted molar refractivity (Wildman–Crippen MR) is 72.8 cm³/mol. The Balaban J connectivity index is 1.94. The highest BCUT2D eigenvalue weighted by atomic mass is 16.5. The third kappa shape index (κ3) is 3.34. The number of anilines is 1. The molecule has 1 fully saturated rings. The van der Waals surface area contributed by atoms with E-state index < -0.39 is 0 Å². The summed E-state index contributed by atoms with van der Waals surface area (Å²) in [6.45, 7) is 7.27. The summed E-state index contributed by atoms with van der Waals surface area (Å²) in [5, 5.41) is 3.50. The van der Waals surface area contributed by atoms with Crippen molar-refractivity contribution in [3.8, 4) is 5.88 Å². The molecule has 0 bridgehead atoms. The van der Waals surface area contributed by atoms with Crippen LogP contribution in [-0.2, 0) is 0 Å². The monoisotopic (exact) mass is 249 g/mol. The quantitative estimate of drug-likeness (QED) is 0.890. The van der Waals surface area contributed by atoms with Crippen LogP contribution in [0.15, 0.2) is 12.4 Å². The fourth-order valence-corrected chi connectivity index (χ4v) is 2.53. The summed E-state index contributed by atoms with van der Waals surface area (Å²) in [4.78, 5) is 8.33. The number of aromatic nitrogens is 2. The minimum Gasteiger partial charge on any atom is -0.478 e. The van der Waals surface area contributed by atoms with Crippen molar-refractivity contribution in [2.24, 2.45) is 11.8 Å². The van der Waals surface area contributed by atoms with Crippen LogP contribution in [0.25, 0.3) is 0 Å². The summed E-state index contributed by atoms with van der Waals surface area (Å²) < 4.78 is 5.38.